The van der Waals surface area contributed by atoms with Crippen LogP contribution in [0.1, 0.15) is 55.4 Å². The third-order valence-corrected chi connectivity index (χ3v) is 5.20. The molecule has 1 rings (SSSR count). The summed E-state index contributed by atoms with van der Waals surface area (Å²) in [6.07, 6.45) is 0. The number of nitrogens with zero attached hydrogens (tertiary/aromatic N) is 2. The van der Waals surface area contributed by atoms with E-state index in [-0.39, 0.29) is 35.2 Å². The lowest BCUT2D eigenvalue weighted by Gasteiger charge is -2.40. The van der Waals surface area contributed by atoms with Crippen molar-refractivity contribution in [1.82, 2.24) is 9.80 Å². The Labute approximate surface area is 157 Å². The number of carbonyl (C=O) groups excluding carboxylic acids is 4. The van der Waals surface area contributed by atoms with Crippen LogP contribution in [0, 0.1) is 22.7 Å². The fourth-order valence-corrected chi connectivity index (χ4v) is 3.56. The fraction of sp³-hybridized carbons (Fsp3) is 0.800. The van der Waals surface area contributed by atoms with E-state index in [2.05, 4.69) is 0 Å². The first kappa shape index (κ1) is 22.3. The van der Waals surface area contributed by atoms with Gasteiger partial charge in [-0.3, -0.25) is 19.2 Å². The van der Waals surface area contributed by atoms with E-state index in [1.807, 2.05) is 0 Å². The van der Waals surface area contributed by atoms with Gasteiger partial charge in [0.15, 0.2) is 0 Å². The van der Waals surface area contributed by atoms with E-state index in [0.29, 0.717) is 26.2 Å². The van der Waals surface area contributed by atoms with Crippen molar-refractivity contribution in [3.8, 4) is 0 Å². The molecule has 0 unspecified atom stereocenters. The molecular weight excluding hydrogens is 332 g/mol. The van der Waals surface area contributed by atoms with Crippen LogP contribution in [0.3, 0.4) is 0 Å². The fourth-order valence-electron chi connectivity index (χ4n) is 3.56. The van der Waals surface area contributed by atoms with Gasteiger partial charge in [0.25, 0.3) is 0 Å². The van der Waals surface area contributed by atoms with E-state index >= 15 is 0 Å². The van der Waals surface area contributed by atoms with Gasteiger partial charge in [-0.15, -0.1) is 0 Å². The van der Waals surface area contributed by atoms with Crippen molar-refractivity contribution in [3.63, 3.8) is 0 Å². The second-order valence-corrected chi connectivity index (χ2v) is 8.87. The molecule has 148 valence electrons. The number of Topliss-reactive ketones (excluding diaryl/α,β-unsaturated/α-hetero) is 2. The van der Waals surface area contributed by atoms with Crippen molar-refractivity contribution in [1.29, 1.82) is 0 Å². The summed E-state index contributed by atoms with van der Waals surface area (Å²) in [6, 6.07) is 0. The molecular formula is C20H34N2O4. The Kier molecular flexibility index (Phi) is 6.77. The van der Waals surface area contributed by atoms with Gasteiger partial charge in [-0.1, -0.05) is 27.7 Å². The first-order valence-electron chi connectivity index (χ1n) is 9.42. The number of carbonyl (C=O) groups is 4. The SMILES string of the molecule is CC(C)C(=O)C(C)(C)C(=O)N1CCN(C(=O)C(C)(C)C(=O)C(C)C)CC1. The third-order valence-electron chi connectivity index (χ3n) is 5.20. The number of ketones is 2. The molecule has 0 radical (unpaired) electrons. The summed E-state index contributed by atoms with van der Waals surface area (Å²) < 4.78 is 0. The van der Waals surface area contributed by atoms with Crippen LogP contribution in [-0.2, 0) is 19.2 Å². The molecule has 1 aliphatic heterocycles. The molecule has 0 aliphatic carbocycles. The second kappa shape index (κ2) is 7.89. The molecule has 1 fully saturated rings. The second-order valence-electron chi connectivity index (χ2n) is 8.87. The Morgan fingerprint density at radius 2 is 0.846 bits per heavy atom. The van der Waals surface area contributed by atoms with Crippen molar-refractivity contribution >= 4 is 23.4 Å². The van der Waals surface area contributed by atoms with Gasteiger partial charge in [0.2, 0.25) is 11.8 Å². The maximum Gasteiger partial charge on any atom is 0.235 e. The van der Waals surface area contributed by atoms with E-state index < -0.39 is 10.8 Å². The van der Waals surface area contributed by atoms with Crippen molar-refractivity contribution in [2.75, 3.05) is 26.2 Å². The van der Waals surface area contributed by atoms with Crippen molar-refractivity contribution < 1.29 is 19.2 Å². The van der Waals surface area contributed by atoms with E-state index in [0.717, 1.165) is 0 Å². The van der Waals surface area contributed by atoms with Gasteiger partial charge in [-0.2, -0.15) is 0 Å². The number of hydrogen-bond donors (Lipinski definition) is 0. The molecule has 6 nitrogen and oxygen atoms in total. The standard InChI is InChI=1S/C20H34N2O4/c1-13(2)15(23)19(5,6)17(25)21-9-11-22(12-10-21)18(26)20(7,8)16(24)14(3)4/h13-14H,9-12H2,1-8H3. The molecule has 0 aromatic carbocycles. The predicted molar refractivity (Wildman–Crippen MR) is 100 cm³/mol. The van der Waals surface area contributed by atoms with Crippen LogP contribution in [0.4, 0.5) is 0 Å². The van der Waals surface area contributed by atoms with Crippen LogP contribution in [0.5, 0.6) is 0 Å². The minimum absolute atomic E-state index is 0.0790. The lowest BCUT2D eigenvalue weighted by Crippen LogP contribution is -2.57. The molecule has 2 amide bonds. The molecule has 0 spiro atoms. The van der Waals surface area contributed by atoms with Crippen LogP contribution >= 0.6 is 0 Å². The van der Waals surface area contributed by atoms with Gasteiger partial charge in [-0.05, 0) is 27.7 Å². The molecule has 1 aliphatic rings. The van der Waals surface area contributed by atoms with Gasteiger partial charge in [0.05, 0.1) is 0 Å². The third kappa shape index (κ3) is 4.33. The summed E-state index contributed by atoms with van der Waals surface area (Å²) in [5, 5.41) is 0. The highest BCUT2D eigenvalue weighted by molar-refractivity contribution is 6.07. The van der Waals surface area contributed by atoms with Crippen LogP contribution in [-0.4, -0.2) is 59.4 Å². The monoisotopic (exact) mass is 366 g/mol. The highest BCUT2D eigenvalue weighted by Crippen LogP contribution is 2.27. The zero-order valence-electron chi connectivity index (χ0n) is 17.5. The zero-order valence-corrected chi connectivity index (χ0v) is 17.5. The van der Waals surface area contributed by atoms with Crippen LogP contribution in [0.25, 0.3) is 0 Å². The van der Waals surface area contributed by atoms with E-state index in [1.54, 1.807) is 65.2 Å². The molecule has 1 heterocycles. The lowest BCUT2D eigenvalue weighted by atomic mass is 9.80. The summed E-state index contributed by atoms with van der Waals surface area (Å²) >= 11 is 0. The Morgan fingerprint density at radius 3 is 1.04 bits per heavy atom. The predicted octanol–water partition coefficient (Wildman–Crippen LogP) is 2.16. The van der Waals surface area contributed by atoms with E-state index in [9.17, 15) is 19.2 Å². The highest BCUT2D eigenvalue weighted by Gasteiger charge is 2.43. The molecule has 0 aromatic heterocycles. The van der Waals surface area contributed by atoms with Gasteiger partial charge in [0, 0.05) is 38.0 Å². The van der Waals surface area contributed by atoms with E-state index in [1.165, 1.54) is 0 Å². The zero-order chi connectivity index (χ0) is 20.4. The first-order chi connectivity index (χ1) is 11.7. The average Bonchev–Trinajstić information content (AvgIpc) is 2.58. The number of piperazine rings is 1. The van der Waals surface area contributed by atoms with Crippen molar-refractivity contribution in [3.05, 3.63) is 0 Å². The van der Waals surface area contributed by atoms with Crippen LogP contribution < -0.4 is 0 Å². The Morgan fingerprint density at radius 1 is 0.615 bits per heavy atom. The summed E-state index contributed by atoms with van der Waals surface area (Å²) in [5.74, 6) is -0.963. The van der Waals surface area contributed by atoms with E-state index in [4.69, 9.17) is 0 Å². The molecule has 1 saturated heterocycles. The quantitative estimate of drug-likeness (QED) is 0.675. The largest absolute Gasteiger partial charge is 0.338 e. The van der Waals surface area contributed by atoms with Crippen LogP contribution in [0.15, 0.2) is 0 Å². The van der Waals surface area contributed by atoms with Gasteiger partial charge in [0.1, 0.15) is 22.4 Å². The van der Waals surface area contributed by atoms with Crippen molar-refractivity contribution in [2.24, 2.45) is 22.7 Å². The maximum atomic E-state index is 12.8. The normalized spacial score (nSPS) is 16.2. The minimum Gasteiger partial charge on any atom is -0.338 e. The molecule has 0 saturated carbocycles. The summed E-state index contributed by atoms with van der Waals surface area (Å²) in [4.78, 5) is 53.6. The van der Waals surface area contributed by atoms with Crippen molar-refractivity contribution in [2.45, 2.75) is 55.4 Å². The Balaban J connectivity index is 2.78. The Hall–Kier alpha value is -1.72. The lowest BCUT2D eigenvalue weighted by molar-refractivity contribution is -0.156. The number of amides is 2. The summed E-state index contributed by atoms with van der Waals surface area (Å²) in [7, 11) is 0. The van der Waals surface area contributed by atoms with Crippen LogP contribution in [0.2, 0.25) is 0 Å². The van der Waals surface area contributed by atoms with Gasteiger partial charge >= 0.3 is 0 Å². The highest BCUT2D eigenvalue weighted by atomic mass is 16.2. The molecule has 0 N–H and O–H groups in total. The Bertz CT molecular complexity index is 531. The molecule has 0 atom stereocenters. The number of rotatable bonds is 6. The summed E-state index contributed by atoms with van der Waals surface area (Å²) in [5.41, 5.74) is -2.12. The summed E-state index contributed by atoms with van der Waals surface area (Å²) in [6.45, 7) is 15.4. The molecule has 26 heavy (non-hydrogen) atoms. The molecule has 6 heteroatoms. The van der Waals surface area contributed by atoms with Gasteiger partial charge < -0.3 is 9.80 Å². The molecule has 0 bridgehead atoms. The average molecular weight is 367 g/mol. The van der Waals surface area contributed by atoms with Gasteiger partial charge in [-0.25, -0.2) is 0 Å². The number of hydrogen-bond acceptors (Lipinski definition) is 4. The first-order valence-corrected chi connectivity index (χ1v) is 9.42. The minimum atomic E-state index is -1.06. The maximum absolute atomic E-state index is 12.8. The topological polar surface area (TPSA) is 74.8 Å². The molecule has 0 aromatic rings. The smallest absolute Gasteiger partial charge is 0.235 e.